The Kier molecular flexibility index (Phi) is 3.41. The molecule has 7 heteroatoms. The number of fused-ring (bicyclic) bond motifs is 3. The van der Waals surface area contributed by atoms with Gasteiger partial charge in [0.2, 0.25) is 5.95 Å². The van der Waals surface area contributed by atoms with Crippen LogP contribution in [0.15, 0.2) is 30.6 Å². The van der Waals surface area contributed by atoms with E-state index in [4.69, 9.17) is 5.73 Å². The van der Waals surface area contributed by atoms with Gasteiger partial charge in [0.15, 0.2) is 0 Å². The number of carboxylic acids is 1. The normalized spacial score (nSPS) is 19.7. The number of hydrogen-bond acceptors (Lipinski definition) is 4. The number of nitrogens with one attached hydrogen (secondary N) is 1. The number of H-pyrrole nitrogens is 1. The van der Waals surface area contributed by atoms with Crippen LogP contribution in [0.3, 0.4) is 0 Å². The van der Waals surface area contributed by atoms with Gasteiger partial charge in [-0.1, -0.05) is 0 Å². The summed E-state index contributed by atoms with van der Waals surface area (Å²) in [7, 11) is 0. The SMILES string of the molecule is NC1(C2(c3[nH]c4c(c3C(=O)O)CCc3cnc(-c5ccc(F)nc5)cc3-4)CC2)CC1. The first-order chi connectivity index (χ1) is 14.4. The molecule has 3 aliphatic rings. The Labute approximate surface area is 172 Å². The monoisotopic (exact) mass is 404 g/mol. The molecule has 0 amide bonds. The van der Waals surface area contributed by atoms with E-state index < -0.39 is 11.9 Å². The van der Waals surface area contributed by atoms with Crippen LogP contribution >= 0.6 is 0 Å². The van der Waals surface area contributed by atoms with E-state index in [9.17, 15) is 14.3 Å². The zero-order chi connectivity index (χ0) is 20.7. The molecule has 2 fully saturated rings. The predicted molar refractivity (Wildman–Crippen MR) is 109 cm³/mol. The van der Waals surface area contributed by atoms with Gasteiger partial charge in [-0.25, -0.2) is 9.78 Å². The average Bonchev–Trinajstić information content (AvgIpc) is 3.65. The van der Waals surface area contributed by atoms with E-state index in [1.54, 1.807) is 6.07 Å². The Morgan fingerprint density at radius 1 is 1.13 bits per heavy atom. The lowest BCUT2D eigenvalue weighted by Crippen LogP contribution is -2.38. The van der Waals surface area contributed by atoms with Gasteiger partial charge in [0.1, 0.15) is 0 Å². The highest BCUT2D eigenvalue weighted by Crippen LogP contribution is 2.64. The van der Waals surface area contributed by atoms with Gasteiger partial charge in [0.25, 0.3) is 0 Å². The topological polar surface area (TPSA) is 105 Å². The molecule has 2 saturated carbocycles. The van der Waals surface area contributed by atoms with Crippen molar-refractivity contribution in [1.29, 1.82) is 0 Å². The van der Waals surface area contributed by atoms with Crippen molar-refractivity contribution < 1.29 is 14.3 Å². The van der Waals surface area contributed by atoms with Crippen molar-refractivity contribution in [2.24, 2.45) is 5.73 Å². The molecular formula is C23H21FN4O2. The van der Waals surface area contributed by atoms with Gasteiger partial charge in [-0.3, -0.25) is 4.98 Å². The third-order valence-electron chi connectivity index (χ3n) is 7.21. The molecule has 6 nitrogen and oxygen atoms in total. The summed E-state index contributed by atoms with van der Waals surface area (Å²) < 4.78 is 13.2. The highest BCUT2D eigenvalue weighted by atomic mass is 19.1. The van der Waals surface area contributed by atoms with E-state index in [0.29, 0.717) is 23.2 Å². The van der Waals surface area contributed by atoms with Crippen LogP contribution in [0.25, 0.3) is 22.5 Å². The lowest BCUT2D eigenvalue weighted by atomic mass is 9.85. The third kappa shape index (κ3) is 2.35. The van der Waals surface area contributed by atoms with Gasteiger partial charge >= 0.3 is 5.97 Å². The number of aromatic nitrogens is 3. The fourth-order valence-electron chi connectivity index (χ4n) is 5.21. The lowest BCUT2D eigenvalue weighted by Gasteiger charge is -2.22. The molecule has 0 bridgehead atoms. The largest absolute Gasteiger partial charge is 0.478 e. The summed E-state index contributed by atoms with van der Waals surface area (Å²) >= 11 is 0. The van der Waals surface area contributed by atoms with Crippen LogP contribution < -0.4 is 5.73 Å². The van der Waals surface area contributed by atoms with E-state index in [1.807, 2.05) is 12.3 Å². The molecule has 0 atom stereocenters. The standard InChI is InChI=1S/C23H21FN4O2/c24-17-4-2-13(11-27-17)16-9-15-12(10-26-16)1-3-14-18(21(29)30)20(28-19(14)15)22(5-6-22)23(25)7-8-23/h2,4,9-11,28H,1,3,5-8,25H2,(H,29,30). The van der Waals surface area contributed by atoms with Gasteiger partial charge in [0, 0.05) is 40.2 Å². The molecule has 0 spiro atoms. The number of nitrogens with two attached hydrogens (primary N) is 1. The zero-order valence-electron chi connectivity index (χ0n) is 16.3. The second-order valence-corrected chi connectivity index (χ2v) is 8.87. The van der Waals surface area contributed by atoms with Crippen LogP contribution in [-0.2, 0) is 18.3 Å². The van der Waals surface area contributed by atoms with Crippen LogP contribution in [-0.4, -0.2) is 31.6 Å². The molecule has 152 valence electrons. The van der Waals surface area contributed by atoms with Crippen molar-refractivity contribution in [2.75, 3.05) is 0 Å². The highest BCUT2D eigenvalue weighted by Gasteiger charge is 2.66. The Balaban J connectivity index is 1.52. The van der Waals surface area contributed by atoms with Crippen molar-refractivity contribution in [3.63, 3.8) is 0 Å². The number of aromatic amines is 1. The minimum absolute atomic E-state index is 0.241. The molecular weight excluding hydrogens is 383 g/mol. The number of carboxylic acid groups (broad SMARTS) is 1. The van der Waals surface area contributed by atoms with E-state index in [0.717, 1.165) is 60.2 Å². The summed E-state index contributed by atoms with van der Waals surface area (Å²) in [6.45, 7) is 0. The van der Waals surface area contributed by atoms with Crippen LogP contribution in [0.5, 0.6) is 0 Å². The Morgan fingerprint density at radius 3 is 2.57 bits per heavy atom. The maximum atomic E-state index is 13.2. The Bertz CT molecular complexity index is 1210. The number of carbonyl (C=O) groups is 1. The fraction of sp³-hybridized carbons (Fsp3) is 0.348. The van der Waals surface area contributed by atoms with Crippen molar-refractivity contribution in [3.05, 3.63) is 58.9 Å². The molecule has 0 unspecified atom stereocenters. The zero-order valence-corrected chi connectivity index (χ0v) is 16.3. The number of halogens is 1. The molecule has 0 aromatic carbocycles. The summed E-state index contributed by atoms with van der Waals surface area (Å²) in [4.78, 5) is 24.1. The highest BCUT2D eigenvalue weighted by molar-refractivity contribution is 5.95. The average molecular weight is 404 g/mol. The van der Waals surface area contributed by atoms with Gasteiger partial charge in [-0.15, -0.1) is 0 Å². The molecule has 3 heterocycles. The fourth-order valence-corrected chi connectivity index (χ4v) is 5.21. The van der Waals surface area contributed by atoms with Crippen molar-refractivity contribution in [2.45, 2.75) is 49.5 Å². The van der Waals surface area contributed by atoms with Crippen molar-refractivity contribution in [1.82, 2.24) is 15.0 Å². The maximum absolute atomic E-state index is 13.2. The van der Waals surface area contributed by atoms with Crippen LogP contribution in [0, 0.1) is 5.95 Å². The summed E-state index contributed by atoms with van der Waals surface area (Å²) in [5.74, 6) is -1.43. The van der Waals surface area contributed by atoms with Crippen LogP contribution in [0.4, 0.5) is 4.39 Å². The summed E-state index contributed by atoms with van der Waals surface area (Å²) in [5, 5.41) is 10.1. The molecule has 4 N–H and O–H groups in total. The first kappa shape index (κ1) is 17.8. The van der Waals surface area contributed by atoms with Crippen molar-refractivity contribution in [3.8, 4) is 22.5 Å². The number of pyridine rings is 2. The van der Waals surface area contributed by atoms with E-state index in [-0.39, 0.29) is 11.0 Å². The molecule has 3 aromatic rings. The van der Waals surface area contributed by atoms with Gasteiger partial charge < -0.3 is 15.8 Å². The second-order valence-electron chi connectivity index (χ2n) is 8.87. The molecule has 30 heavy (non-hydrogen) atoms. The smallest absolute Gasteiger partial charge is 0.337 e. The summed E-state index contributed by atoms with van der Waals surface area (Å²) in [5.41, 5.74) is 12.4. The lowest BCUT2D eigenvalue weighted by molar-refractivity contribution is 0.0693. The Morgan fingerprint density at radius 2 is 1.93 bits per heavy atom. The number of rotatable bonds is 4. The molecule has 3 aromatic heterocycles. The van der Waals surface area contributed by atoms with Gasteiger partial charge in [-0.05, 0) is 67.9 Å². The van der Waals surface area contributed by atoms with Crippen molar-refractivity contribution >= 4 is 5.97 Å². The van der Waals surface area contributed by atoms with Gasteiger partial charge in [0.05, 0.1) is 17.0 Å². The number of hydrogen-bond donors (Lipinski definition) is 3. The number of aromatic carboxylic acids is 1. The summed E-state index contributed by atoms with van der Waals surface area (Å²) in [6, 6.07) is 4.90. The van der Waals surface area contributed by atoms with Crippen LogP contribution in [0.1, 0.15) is 52.9 Å². The molecule has 6 rings (SSSR count). The number of nitrogens with zero attached hydrogens (tertiary/aromatic N) is 2. The van der Waals surface area contributed by atoms with E-state index in [1.165, 1.54) is 12.3 Å². The van der Waals surface area contributed by atoms with E-state index >= 15 is 0 Å². The van der Waals surface area contributed by atoms with Gasteiger partial charge in [-0.2, -0.15) is 4.39 Å². The predicted octanol–water partition coefficient (Wildman–Crippen LogP) is 3.60. The minimum atomic E-state index is -0.890. The molecule has 0 radical (unpaired) electrons. The molecule has 3 aliphatic carbocycles. The number of aryl methyl sites for hydroxylation is 1. The Hall–Kier alpha value is -3.06. The third-order valence-corrected chi connectivity index (χ3v) is 7.21. The van der Waals surface area contributed by atoms with E-state index in [2.05, 4.69) is 15.0 Å². The second kappa shape index (κ2) is 5.76. The minimum Gasteiger partial charge on any atom is -0.478 e. The summed E-state index contributed by atoms with van der Waals surface area (Å²) in [6.07, 6.45) is 8.42. The maximum Gasteiger partial charge on any atom is 0.337 e. The first-order valence-corrected chi connectivity index (χ1v) is 10.3. The molecule has 0 aliphatic heterocycles. The first-order valence-electron chi connectivity index (χ1n) is 10.3. The quantitative estimate of drug-likeness (QED) is 0.576. The molecule has 0 saturated heterocycles. The van der Waals surface area contributed by atoms with Crippen LogP contribution in [0.2, 0.25) is 0 Å².